The molecule has 2 aromatic heterocycles. The average molecular weight is 331 g/mol. The van der Waals surface area contributed by atoms with Crippen LogP contribution in [0.2, 0.25) is 0 Å². The Kier molecular flexibility index (Phi) is 4.64. The molecule has 1 aliphatic rings. The summed E-state index contributed by atoms with van der Waals surface area (Å²) in [6, 6.07) is 5.34. The van der Waals surface area contributed by atoms with Crippen LogP contribution in [-0.2, 0) is 30.9 Å². The Morgan fingerprint density at radius 2 is 2.29 bits per heavy atom. The first-order valence-electron chi connectivity index (χ1n) is 7.66. The molecular formula is C16H17N3O5. The topological polar surface area (TPSA) is 110 Å². The van der Waals surface area contributed by atoms with Crippen molar-refractivity contribution in [3.63, 3.8) is 0 Å². The van der Waals surface area contributed by atoms with Gasteiger partial charge in [-0.3, -0.25) is 13.9 Å². The van der Waals surface area contributed by atoms with Gasteiger partial charge in [0.15, 0.2) is 0 Å². The van der Waals surface area contributed by atoms with Gasteiger partial charge in [0.05, 0.1) is 25.5 Å². The highest BCUT2D eigenvalue weighted by molar-refractivity contribution is 5.32. The minimum atomic E-state index is -1.04. The summed E-state index contributed by atoms with van der Waals surface area (Å²) in [4.78, 5) is 24.7. The van der Waals surface area contributed by atoms with Crippen molar-refractivity contribution in [3.8, 4) is 6.07 Å². The summed E-state index contributed by atoms with van der Waals surface area (Å²) in [5.41, 5.74) is -0.666. The number of nitrogens with zero attached hydrogens (tertiary/aromatic N) is 3. The maximum absolute atomic E-state index is 12.4. The van der Waals surface area contributed by atoms with Gasteiger partial charge in [0.2, 0.25) is 0 Å². The number of ether oxygens (including phenoxy) is 1. The van der Waals surface area contributed by atoms with Crippen molar-refractivity contribution in [1.82, 2.24) is 9.13 Å². The number of nitriles is 1. The number of fused-ring (bicyclic) bond motifs is 1. The third-order valence-electron chi connectivity index (χ3n) is 3.97. The Morgan fingerprint density at radius 3 is 3.00 bits per heavy atom. The largest absolute Gasteiger partial charge is 0.467 e. The van der Waals surface area contributed by atoms with E-state index >= 15 is 0 Å². The van der Waals surface area contributed by atoms with Crippen LogP contribution in [0.5, 0.6) is 0 Å². The molecule has 0 fully saturated rings. The third-order valence-corrected chi connectivity index (χ3v) is 3.97. The summed E-state index contributed by atoms with van der Waals surface area (Å²) in [6.45, 7) is 0.390. The van der Waals surface area contributed by atoms with E-state index in [9.17, 15) is 20.0 Å². The van der Waals surface area contributed by atoms with Gasteiger partial charge in [0, 0.05) is 12.2 Å². The Morgan fingerprint density at radius 1 is 1.46 bits per heavy atom. The van der Waals surface area contributed by atoms with Crippen LogP contribution in [0.25, 0.3) is 0 Å². The predicted molar refractivity (Wildman–Crippen MR) is 82.4 cm³/mol. The maximum atomic E-state index is 12.4. The molecule has 126 valence electrons. The van der Waals surface area contributed by atoms with Crippen LogP contribution >= 0.6 is 0 Å². The molecule has 24 heavy (non-hydrogen) atoms. The van der Waals surface area contributed by atoms with Crippen LogP contribution in [-0.4, -0.2) is 27.0 Å². The molecule has 0 aliphatic carbocycles. The van der Waals surface area contributed by atoms with E-state index in [1.807, 2.05) is 6.07 Å². The Hall–Kier alpha value is -2.63. The summed E-state index contributed by atoms with van der Waals surface area (Å²) in [5.74, 6) is 0.615. The molecule has 0 unspecified atom stereocenters. The van der Waals surface area contributed by atoms with Crippen LogP contribution in [0.15, 0.2) is 32.4 Å². The quantitative estimate of drug-likeness (QED) is 0.797. The third kappa shape index (κ3) is 3.04. The molecular weight excluding hydrogens is 314 g/mol. The van der Waals surface area contributed by atoms with Crippen molar-refractivity contribution in [2.24, 2.45) is 0 Å². The summed E-state index contributed by atoms with van der Waals surface area (Å²) in [6.07, 6.45) is 1.74. The normalized spacial score (nSPS) is 14.3. The van der Waals surface area contributed by atoms with Crippen molar-refractivity contribution in [2.75, 3.05) is 6.61 Å². The van der Waals surface area contributed by atoms with Crippen molar-refractivity contribution in [2.45, 2.75) is 38.6 Å². The monoisotopic (exact) mass is 331 g/mol. The molecule has 8 nitrogen and oxygen atoms in total. The van der Waals surface area contributed by atoms with Crippen LogP contribution < -0.4 is 11.2 Å². The molecule has 0 spiro atoms. The van der Waals surface area contributed by atoms with Gasteiger partial charge in [-0.1, -0.05) is 0 Å². The molecule has 3 heterocycles. The Bertz CT molecular complexity index is 873. The molecule has 0 amide bonds. The molecule has 0 aromatic carbocycles. The lowest BCUT2D eigenvalue weighted by molar-refractivity contribution is 0.0135. The fraction of sp³-hybridized carbons (Fsp3) is 0.438. The fourth-order valence-corrected chi connectivity index (χ4v) is 2.86. The number of hydrogen-bond donors (Lipinski definition) is 1. The number of aliphatic hydroxyl groups is 1. The van der Waals surface area contributed by atoms with Crippen molar-refractivity contribution < 1.29 is 14.3 Å². The average Bonchev–Trinajstić information content (AvgIpc) is 3.23. The first-order chi connectivity index (χ1) is 11.6. The lowest BCUT2D eigenvalue weighted by atomic mass is 10.2. The van der Waals surface area contributed by atoms with E-state index in [1.165, 1.54) is 10.8 Å². The number of rotatable bonds is 6. The molecule has 0 radical (unpaired) electrons. The Balaban J connectivity index is 1.74. The zero-order valence-corrected chi connectivity index (χ0v) is 13.0. The molecule has 1 atom stereocenters. The summed E-state index contributed by atoms with van der Waals surface area (Å²) in [7, 11) is 0. The zero-order valence-electron chi connectivity index (χ0n) is 13.0. The van der Waals surface area contributed by atoms with Crippen LogP contribution in [0, 0.1) is 11.3 Å². The molecule has 2 aromatic rings. The highest BCUT2D eigenvalue weighted by Gasteiger charge is 2.23. The van der Waals surface area contributed by atoms with Crippen LogP contribution in [0.3, 0.4) is 0 Å². The van der Waals surface area contributed by atoms with E-state index in [0.29, 0.717) is 24.4 Å². The lowest BCUT2D eigenvalue weighted by Gasteiger charge is -2.14. The highest BCUT2D eigenvalue weighted by atomic mass is 16.5. The number of aromatic nitrogens is 2. The first kappa shape index (κ1) is 16.2. The van der Waals surface area contributed by atoms with E-state index < -0.39 is 17.4 Å². The fourth-order valence-electron chi connectivity index (χ4n) is 2.86. The SMILES string of the molecule is N#Cc1c2n(c(=O)n(C[C@H](O)COCc3ccco3)c1=O)CCC2. The van der Waals surface area contributed by atoms with Crippen molar-refractivity contribution in [1.29, 1.82) is 5.26 Å². The van der Waals surface area contributed by atoms with Gasteiger partial charge in [-0.25, -0.2) is 4.79 Å². The van der Waals surface area contributed by atoms with Crippen LogP contribution in [0.1, 0.15) is 23.4 Å². The van der Waals surface area contributed by atoms with Gasteiger partial charge in [0.1, 0.15) is 24.0 Å². The van der Waals surface area contributed by atoms with E-state index in [2.05, 4.69) is 0 Å². The second-order valence-corrected chi connectivity index (χ2v) is 5.64. The molecule has 3 rings (SSSR count). The summed E-state index contributed by atoms with van der Waals surface area (Å²) in [5, 5.41) is 19.2. The maximum Gasteiger partial charge on any atom is 0.331 e. The minimum Gasteiger partial charge on any atom is -0.467 e. The smallest absolute Gasteiger partial charge is 0.331 e. The standard InChI is InChI=1S/C16H17N3O5/c17-7-13-14-4-1-5-18(14)16(22)19(15(13)21)8-11(20)9-23-10-12-3-2-6-24-12/h2-3,6,11,20H,1,4-5,8-10H2/t11-/m0/s1. The zero-order chi connectivity index (χ0) is 17.1. The van der Waals surface area contributed by atoms with Gasteiger partial charge < -0.3 is 14.3 Å². The number of furan rings is 1. The van der Waals surface area contributed by atoms with Crippen LogP contribution in [0.4, 0.5) is 0 Å². The van der Waals surface area contributed by atoms with Crippen molar-refractivity contribution >= 4 is 0 Å². The van der Waals surface area contributed by atoms with E-state index in [4.69, 9.17) is 9.15 Å². The van der Waals surface area contributed by atoms with Crippen molar-refractivity contribution in [3.05, 3.63) is 56.3 Å². The van der Waals surface area contributed by atoms with Gasteiger partial charge in [-0.05, 0) is 25.0 Å². The number of aliphatic hydroxyl groups excluding tert-OH is 1. The molecule has 1 aliphatic heterocycles. The Labute approximate surface area is 137 Å². The molecule has 0 saturated heterocycles. The molecule has 0 saturated carbocycles. The van der Waals surface area contributed by atoms with Gasteiger partial charge in [-0.15, -0.1) is 0 Å². The number of hydrogen-bond acceptors (Lipinski definition) is 6. The minimum absolute atomic E-state index is 0.0178. The van der Waals surface area contributed by atoms with Gasteiger partial charge in [-0.2, -0.15) is 5.26 Å². The lowest BCUT2D eigenvalue weighted by Crippen LogP contribution is -2.44. The first-order valence-corrected chi connectivity index (χ1v) is 7.66. The predicted octanol–water partition coefficient (Wildman–Crippen LogP) is -0.00142. The second kappa shape index (κ2) is 6.86. The van der Waals surface area contributed by atoms with E-state index in [-0.39, 0.29) is 25.3 Å². The molecule has 8 heteroatoms. The highest BCUT2D eigenvalue weighted by Crippen LogP contribution is 2.13. The summed E-state index contributed by atoms with van der Waals surface area (Å²) < 4.78 is 12.8. The molecule has 1 N–H and O–H groups in total. The van der Waals surface area contributed by atoms with Gasteiger partial charge >= 0.3 is 5.69 Å². The van der Waals surface area contributed by atoms with E-state index in [0.717, 1.165) is 11.0 Å². The second-order valence-electron chi connectivity index (χ2n) is 5.64. The van der Waals surface area contributed by atoms with E-state index in [1.54, 1.807) is 12.1 Å². The van der Waals surface area contributed by atoms with Gasteiger partial charge in [0.25, 0.3) is 5.56 Å². The molecule has 0 bridgehead atoms. The summed E-state index contributed by atoms with van der Waals surface area (Å²) >= 11 is 0.